The average Bonchev–Trinajstić information content (AvgIpc) is 3.01. The van der Waals surface area contributed by atoms with Crippen molar-refractivity contribution in [2.45, 2.75) is 32.4 Å². The van der Waals surface area contributed by atoms with Crippen LogP contribution in [0.3, 0.4) is 0 Å². The third kappa shape index (κ3) is 3.61. The molecule has 1 unspecified atom stereocenters. The van der Waals surface area contributed by atoms with Gasteiger partial charge in [-0.25, -0.2) is 0 Å². The second-order valence-electron chi connectivity index (χ2n) is 6.08. The maximum atomic E-state index is 5.46. The number of hydrogen-bond acceptors (Lipinski definition) is 4. The van der Waals surface area contributed by atoms with Crippen molar-refractivity contribution in [1.29, 1.82) is 0 Å². The summed E-state index contributed by atoms with van der Waals surface area (Å²) in [5, 5.41) is 2.18. The molecule has 112 valence electrons. The predicted octanol–water partition coefficient (Wildman–Crippen LogP) is 2.68. The molecule has 0 amide bonds. The van der Waals surface area contributed by atoms with Gasteiger partial charge in [-0.3, -0.25) is 9.80 Å². The monoisotopic (exact) mass is 294 g/mol. The first kappa shape index (κ1) is 14.5. The Morgan fingerprint density at radius 1 is 1.25 bits per heavy atom. The Bertz CT molecular complexity index is 381. The fourth-order valence-electron chi connectivity index (χ4n) is 3.50. The molecule has 4 heteroatoms. The highest BCUT2D eigenvalue weighted by Gasteiger charge is 2.28. The number of thiophene rings is 1. The maximum Gasteiger partial charge on any atom is 0.0594 e. The van der Waals surface area contributed by atoms with Gasteiger partial charge in [0.05, 0.1) is 13.2 Å². The average molecular weight is 294 g/mol. The van der Waals surface area contributed by atoms with E-state index in [1.807, 2.05) is 11.3 Å². The van der Waals surface area contributed by atoms with Crippen LogP contribution < -0.4 is 0 Å². The van der Waals surface area contributed by atoms with Crippen LogP contribution in [0, 0.1) is 5.92 Å². The molecule has 3 rings (SSSR count). The van der Waals surface area contributed by atoms with E-state index in [-0.39, 0.29) is 0 Å². The smallest absolute Gasteiger partial charge is 0.0594 e. The number of ether oxygens (including phenoxy) is 1. The molecule has 3 nitrogen and oxygen atoms in total. The molecule has 0 saturated carbocycles. The zero-order valence-corrected chi connectivity index (χ0v) is 13.3. The van der Waals surface area contributed by atoms with Crippen LogP contribution in [0.5, 0.6) is 0 Å². The van der Waals surface area contributed by atoms with Crippen LogP contribution in [0.15, 0.2) is 17.5 Å². The van der Waals surface area contributed by atoms with Crippen molar-refractivity contribution >= 4 is 11.3 Å². The predicted molar refractivity (Wildman–Crippen MR) is 84.2 cm³/mol. The largest absolute Gasteiger partial charge is 0.379 e. The summed E-state index contributed by atoms with van der Waals surface area (Å²) >= 11 is 1.88. The third-order valence-electron chi connectivity index (χ3n) is 4.90. The van der Waals surface area contributed by atoms with Crippen LogP contribution in [-0.2, 0) is 11.3 Å². The second-order valence-corrected chi connectivity index (χ2v) is 7.11. The number of nitrogens with zero attached hydrogens (tertiary/aromatic N) is 2. The zero-order valence-electron chi connectivity index (χ0n) is 12.5. The van der Waals surface area contributed by atoms with E-state index >= 15 is 0 Å². The summed E-state index contributed by atoms with van der Waals surface area (Å²) in [6.07, 6.45) is 2.70. The summed E-state index contributed by atoms with van der Waals surface area (Å²) in [4.78, 5) is 6.75. The molecule has 3 heterocycles. The van der Waals surface area contributed by atoms with E-state index < -0.39 is 0 Å². The molecular formula is C16H26N2OS. The van der Waals surface area contributed by atoms with Gasteiger partial charge in [0, 0.05) is 30.6 Å². The number of piperidine rings is 1. The van der Waals surface area contributed by atoms with E-state index in [0.29, 0.717) is 0 Å². The zero-order chi connectivity index (χ0) is 13.8. The molecule has 0 radical (unpaired) electrons. The molecule has 2 aliphatic rings. The Morgan fingerprint density at radius 3 is 2.65 bits per heavy atom. The number of rotatable bonds is 4. The van der Waals surface area contributed by atoms with E-state index in [1.54, 1.807) is 0 Å². The summed E-state index contributed by atoms with van der Waals surface area (Å²) in [5.74, 6) is 0.868. The lowest BCUT2D eigenvalue weighted by Gasteiger charge is -2.41. The minimum atomic E-state index is 0.725. The van der Waals surface area contributed by atoms with Gasteiger partial charge >= 0.3 is 0 Å². The van der Waals surface area contributed by atoms with E-state index in [0.717, 1.165) is 44.8 Å². The maximum absolute atomic E-state index is 5.46. The SMILES string of the molecule is CC(C1CCN(Cc2cccs2)CC1)N1CCOCC1. The highest BCUT2D eigenvalue weighted by atomic mass is 32.1. The summed E-state index contributed by atoms with van der Waals surface area (Å²) in [5.41, 5.74) is 0. The first-order valence-corrected chi connectivity index (χ1v) is 8.77. The summed E-state index contributed by atoms with van der Waals surface area (Å²) < 4.78 is 5.46. The highest BCUT2D eigenvalue weighted by Crippen LogP contribution is 2.26. The standard InChI is InChI=1S/C16H26N2OS/c1-14(18-8-10-19-11-9-18)15-4-6-17(7-5-15)13-16-3-2-12-20-16/h2-3,12,14-15H,4-11,13H2,1H3. The molecule has 2 saturated heterocycles. The fourth-order valence-corrected chi connectivity index (χ4v) is 4.25. The lowest BCUT2D eigenvalue weighted by Crippen LogP contribution is -2.48. The minimum Gasteiger partial charge on any atom is -0.379 e. The van der Waals surface area contributed by atoms with Gasteiger partial charge in [0.15, 0.2) is 0 Å². The Balaban J connectivity index is 1.45. The van der Waals surface area contributed by atoms with Gasteiger partial charge in [-0.2, -0.15) is 0 Å². The van der Waals surface area contributed by atoms with E-state index in [2.05, 4.69) is 34.2 Å². The van der Waals surface area contributed by atoms with Crippen LogP contribution in [0.25, 0.3) is 0 Å². The van der Waals surface area contributed by atoms with E-state index in [4.69, 9.17) is 4.74 Å². The first-order valence-electron chi connectivity index (χ1n) is 7.89. The summed E-state index contributed by atoms with van der Waals surface area (Å²) in [7, 11) is 0. The van der Waals surface area contributed by atoms with Crippen molar-refractivity contribution in [1.82, 2.24) is 9.80 Å². The summed E-state index contributed by atoms with van der Waals surface area (Å²) in [6, 6.07) is 5.14. The molecule has 1 aromatic rings. The normalized spacial score (nSPS) is 24.9. The van der Waals surface area contributed by atoms with Crippen molar-refractivity contribution in [2.75, 3.05) is 39.4 Å². The lowest BCUT2D eigenvalue weighted by atomic mass is 9.89. The quantitative estimate of drug-likeness (QED) is 0.849. The molecule has 2 aliphatic heterocycles. The van der Waals surface area contributed by atoms with Crippen LogP contribution >= 0.6 is 11.3 Å². The topological polar surface area (TPSA) is 15.7 Å². The van der Waals surface area contributed by atoms with E-state index in [1.165, 1.54) is 30.8 Å². The van der Waals surface area contributed by atoms with Gasteiger partial charge in [-0.05, 0) is 50.2 Å². The molecule has 20 heavy (non-hydrogen) atoms. The Morgan fingerprint density at radius 2 is 2.00 bits per heavy atom. The molecule has 0 aliphatic carbocycles. The second kappa shape index (κ2) is 7.03. The van der Waals surface area contributed by atoms with Crippen molar-refractivity contribution in [3.63, 3.8) is 0 Å². The van der Waals surface area contributed by atoms with E-state index in [9.17, 15) is 0 Å². The third-order valence-corrected chi connectivity index (χ3v) is 5.76. The molecule has 1 aromatic heterocycles. The Hall–Kier alpha value is -0.420. The molecule has 1 atom stereocenters. The molecule has 2 fully saturated rings. The number of likely N-dealkylation sites (tertiary alicyclic amines) is 1. The van der Waals surface area contributed by atoms with Gasteiger partial charge in [-0.1, -0.05) is 6.07 Å². The van der Waals surface area contributed by atoms with Crippen molar-refractivity contribution < 1.29 is 4.74 Å². The Kier molecular flexibility index (Phi) is 5.10. The van der Waals surface area contributed by atoms with Crippen LogP contribution in [0.1, 0.15) is 24.6 Å². The van der Waals surface area contributed by atoms with Crippen LogP contribution in [0.4, 0.5) is 0 Å². The van der Waals surface area contributed by atoms with Crippen molar-refractivity contribution in [3.05, 3.63) is 22.4 Å². The van der Waals surface area contributed by atoms with Gasteiger partial charge in [0.1, 0.15) is 0 Å². The Labute approximate surface area is 126 Å². The molecule has 0 aromatic carbocycles. The van der Waals surface area contributed by atoms with Crippen LogP contribution in [-0.4, -0.2) is 55.2 Å². The number of morpholine rings is 1. The highest BCUT2D eigenvalue weighted by molar-refractivity contribution is 7.09. The molecule has 0 spiro atoms. The fraction of sp³-hybridized carbons (Fsp3) is 0.750. The number of hydrogen-bond donors (Lipinski definition) is 0. The van der Waals surface area contributed by atoms with Crippen molar-refractivity contribution in [2.24, 2.45) is 5.92 Å². The summed E-state index contributed by atoms with van der Waals surface area (Å²) in [6.45, 7) is 10.2. The van der Waals surface area contributed by atoms with Crippen LogP contribution in [0.2, 0.25) is 0 Å². The molecule has 0 N–H and O–H groups in total. The minimum absolute atomic E-state index is 0.725. The lowest BCUT2D eigenvalue weighted by molar-refractivity contribution is -0.00187. The van der Waals surface area contributed by atoms with Gasteiger partial charge in [0.25, 0.3) is 0 Å². The van der Waals surface area contributed by atoms with Gasteiger partial charge in [0.2, 0.25) is 0 Å². The molecular weight excluding hydrogens is 268 g/mol. The first-order chi connectivity index (χ1) is 9.83. The van der Waals surface area contributed by atoms with Gasteiger partial charge < -0.3 is 4.74 Å². The van der Waals surface area contributed by atoms with Crippen molar-refractivity contribution in [3.8, 4) is 0 Å². The molecule has 0 bridgehead atoms. The van der Waals surface area contributed by atoms with Gasteiger partial charge in [-0.15, -0.1) is 11.3 Å².